The summed E-state index contributed by atoms with van der Waals surface area (Å²) in [6.07, 6.45) is 7.28. The Labute approximate surface area is 71.1 Å². The molecule has 0 aromatic carbocycles. The van der Waals surface area contributed by atoms with Crippen molar-refractivity contribution in [3.63, 3.8) is 0 Å². The van der Waals surface area contributed by atoms with E-state index in [1.807, 2.05) is 24.0 Å². The van der Waals surface area contributed by atoms with Crippen molar-refractivity contribution in [3.8, 4) is 0 Å². The van der Waals surface area contributed by atoms with Crippen LogP contribution in [0.2, 0.25) is 0 Å². The Bertz CT molecular complexity index is 206. The number of halogens is 1. The van der Waals surface area contributed by atoms with Crippen LogP contribution in [0.4, 0.5) is 0 Å². The second-order valence-corrected chi connectivity index (χ2v) is 2.54. The molecular weight excluding hydrogens is 188 g/mol. The standard InChI is InChI=1S/C5H7N2.ClHO4/c1-7-4-2-6-3-5-7;2-1(3,4)5/h2-5H,1H3;(H,2,3,4,5)/q+1;/p-1. The van der Waals surface area contributed by atoms with E-state index in [1.165, 1.54) is 0 Å². The van der Waals surface area contributed by atoms with Crippen LogP contribution in [0, 0.1) is 10.2 Å². The number of hydrogen-bond acceptors (Lipinski definition) is 5. The van der Waals surface area contributed by atoms with Crippen LogP contribution in [0.5, 0.6) is 0 Å². The average molecular weight is 195 g/mol. The molecular formula is C5H7ClN2O4. The topological polar surface area (TPSA) is 109 Å². The van der Waals surface area contributed by atoms with Crippen molar-refractivity contribution < 1.29 is 33.4 Å². The van der Waals surface area contributed by atoms with Gasteiger partial charge in [0, 0.05) is 0 Å². The molecule has 0 spiro atoms. The van der Waals surface area contributed by atoms with Crippen LogP contribution in [0.25, 0.3) is 0 Å². The Kier molecular flexibility index (Phi) is 4.64. The van der Waals surface area contributed by atoms with Crippen LogP contribution >= 0.6 is 0 Å². The highest BCUT2D eigenvalue weighted by Gasteiger charge is 1.84. The maximum Gasteiger partial charge on any atom is 0.186 e. The van der Waals surface area contributed by atoms with E-state index < -0.39 is 10.2 Å². The van der Waals surface area contributed by atoms with Crippen molar-refractivity contribution >= 4 is 0 Å². The second kappa shape index (κ2) is 4.96. The van der Waals surface area contributed by atoms with Gasteiger partial charge in [-0.05, 0) is 0 Å². The minimum absolute atomic E-state index is 1.75. The fourth-order valence-corrected chi connectivity index (χ4v) is 0.387. The van der Waals surface area contributed by atoms with Crippen LogP contribution in [0.1, 0.15) is 0 Å². The lowest BCUT2D eigenvalue weighted by Crippen LogP contribution is -2.68. The third kappa shape index (κ3) is 11.9. The summed E-state index contributed by atoms with van der Waals surface area (Å²) in [5.41, 5.74) is 0. The molecule has 7 heteroatoms. The lowest BCUT2D eigenvalue weighted by atomic mass is 10.7. The molecule has 0 unspecified atom stereocenters. The molecule has 0 radical (unpaired) electrons. The van der Waals surface area contributed by atoms with Gasteiger partial charge in [-0.25, -0.2) is 23.2 Å². The predicted octanol–water partition coefficient (Wildman–Crippen LogP) is -4.85. The predicted molar refractivity (Wildman–Crippen MR) is 25.4 cm³/mol. The molecule has 6 nitrogen and oxygen atoms in total. The van der Waals surface area contributed by atoms with Crippen LogP contribution in [-0.4, -0.2) is 4.98 Å². The first-order valence-electron chi connectivity index (χ1n) is 2.76. The highest BCUT2D eigenvalue weighted by atomic mass is 35.7. The average Bonchev–Trinajstić information content (AvgIpc) is 1.85. The van der Waals surface area contributed by atoms with Gasteiger partial charge < -0.3 is 0 Å². The maximum absolute atomic E-state index is 8.49. The summed E-state index contributed by atoms with van der Waals surface area (Å²) in [7, 11) is -2.98. The van der Waals surface area contributed by atoms with E-state index in [2.05, 4.69) is 4.98 Å². The molecule has 1 aromatic heterocycles. The van der Waals surface area contributed by atoms with Gasteiger partial charge in [-0.15, -0.1) is 10.2 Å². The second-order valence-electron chi connectivity index (χ2n) is 1.79. The summed E-state index contributed by atoms with van der Waals surface area (Å²) in [5, 5.41) is 0. The Balaban J connectivity index is 0.000000217. The van der Waals surface area contributed by atoms with Gasteiger partial charge in [0.15, 0.2) is 12.4 Å². The number of aromatic nitrogens is 2. The fraction of sp³-hybridized carbons (Fsp3) is 0.200. The van der Waals surface area contributed by atoms with Gasteiger partial charge in [0.05, 0.1) is 12.4 Å². The smallest absolute Gasteiger partial charge is 0.186 e. The summed E-state index contributed by atoms with van der Waals surface area (Å²) in [6.45, 7) is 0. The number of rotatable bonds is 0. The Hall–Kier alpha value is -0.790. The minimum Gasteiger partial charge on any atom is -0.252 e. The molecule has 0 atom stereocenters. The first kappa shape index (κ1) is 11.2. The molecule has 1 heterocycles. The summed E-state index contributed by atoms with van der Waals surface area (Å²) in [5.74, 6) is 0. The van der Waals surface area contributed by atoms with Crippen molar-refractivity contribution in [1.82, 2.24) is 4.98 Å². The highest BCUT2D eigenvalue weighted by Crippen LogP contribution is 1.63. The molecule has 0 saturated heterocycles. The molecule has 0 aliphatic rings. The van der Waals surface area contributed by atoms with Crippen molar-refractivity contribution in [2.45, 2.75) is 0 Å². The van der Waals surface area contributed by atoms with Gasteiger partial charge in [0.1, 0.15) is 7.05 Å². The van der Waals surface area contributed by atoms with E-state index in [1.54, 1.807) is 12.4 Å². The third-order valence-corrected chi connectivity index (χ3v) is 0.776. The van der Waals surface area contributed by atoms with Crippen LogP contribution in [0.15, 0.2) is 24.8 Å². The summed E-state index contributed by atoms with van der Waals surface area (Å²) < 4.78 is 35.9. The lowest BCUT2D eigenvalue weighted by molar-refractivity contribution is -2.00. The molecule has 0 bridgehead atoms. The summed E-state index contributed by atoms with van der Waals surface area (Å²) in [6, 6.07) is 0. The molecule has 1 aromatic rings. The van der Waals surface area contributed by atoms with E-state index >= 15 is 0 Å². The summed E-state index contributed by atoms with van der Waals surface area (Å²) in [4.78, 5) is 3.82. The van der Waals surface area contributed by atoms with Gasteiger partial charge in [0.25, 0.3) is 0 Å². The minimum atomic E-state index is -4.94. The maximum atomic E-state index is 8.49. The van der Waals surface area contributed by atoms with Gasteiger partial charge in [-0.1, -0.05) is 0 Å². The molecule has 0 fully saturated rings. The Morgan fingerprint density at radius 1 is 1.08 bits per heavy atom. The molecule has 1 rings (SSSR count). The molecule has 0 saturated carbocycles. The molecule has 12 heavy (non-hydrogen) atoms. The monoisotopic (exact) mass is 194 g/mol. The third-order valence-electron chi connectivity index (χ3n) is 0.776. The lowest BCUT2D eigenvalue weighted by Gasteiger charge is -2.17. The normalized spacial score (nSPS) is 10.1. The van der Waals surface area contributed by atoms with Crippen molar-refractivity contribution in [1.29, 1.82) is 0 Å². The Morgan fingerprint density at radius 2 is 1.42 bits per heavy atom. The van der Waals surface area contributed by atoms with Gasteiger partial charge >= 0.3 is 0 Å². The van der Waals surface area contributed by atoms with E-state index in [0.29, 0.717) is 0 Å². The van der Waals surface area contributed by atoms with Crippen molar-refractivity contribution in [2.75, 3.05) is 0 Å². The molecule has 0 N–H and O–H groups in total. The van der Waals surface area contributed by atoms with Crippen LogP contribution in [0.3, 0.4) is 0 Å². The Morgan fingerprint density at radius 3 is 1.58 bits per heavy atom. The zero-order chi connectivity index (χ0) is 9.61. The van der Waals surface area contributed by atoms with Crippen LogP contribution < -0.4 is 23.2 Å². The van der Waals surface area contributed by atoms with Crippen molar-refractivity contribution in [2.24, 2.45) is 7.05 Å². The van der Waals surface area contributed by atoms with Gasteiger partial charge in [-0.2, -0.15) is 0 Å². The number of nitrogens with zero attached hydrogens (tertiary/aromatic N) is 2. The van der Waals surface area contributed by atoms with E-state index in [-0.39, 0.29) is 0 Å². The van der Waals surface area contributed by atoms with E-state index in [9.17, 15) is 0 Å². The number of aryl methyl sites for hydroxylation is 1. The highest BCUT2D eigenvalue weighted by molar-refractivity contribution is 4.61. The summed E-state index contributed by atoms with van der Waals surface area (Å²) >= 11 is 0. The van der Waals surface area contributed by atoms with Crippen LogP contribution in [-0.2, 0) is 7.05 Å². The van der Waals surface area contributed by atoms with Gasteiger partial charge in [-0.3, -0.25) is 4.98 Å². The quantitative estimate of drug-likeness (QED) is 0.385. The molecule has 0 aliphatic heterocycles. The molecule has 0 aliphatic carbocycles. The first-order valence-corrected chi connectivity index (χ1v) is 4.00. The first-order chi connectivity index (χ1) is 5.39. The van der Waals surface area contributed by atoms with E-state index in [4.69, 9.17) is 18.6 Å². The van der Waals surface area contributed by atoms with E-state index in [0.717, 1.165) is 0 Å². The largest absolute Gasteiger partial charge is 0.252 e. The number of hydrogen-bond donors (Lipinski definition) is 0. The van der Waals surface area contributed by atoms with Crippen molar-refractivity contribution in [3.05, 3.63) is 24.8 Å². The zero-order valence-corrected chi connectivity index (χ0v) is 6.97. The zero-order valence-electron chi connectivity index (χ0n) is 6.21. The molecule has 0 amide bonds. The van der Waals surface area contributed by atoms with Gasteiger partial charge in [0.2, 0.25) is 0 Å². The fourth-order valence-electron chi connectivity index (χ4n) is 0.387. The SMILES string of the molecule is C[n+]1ccncc1.[O-][Cl+3]([O-])([O-])[O-]. The molecule has 68 valence electrons.